The molecule has 0 amide bonds. The van der Waals surface area contributed by atoms with E-state index in [4.69, 9.17) is 16.7 Å². The van der Waals surface area contributed by atoms with E-state index in [9.17, 15) is 9.59 Å². The first-order valence-corrected chi connectivity index (χ1v) is 7.25. The largest absolute Gasteiger partial charge is 0.478 e. The van der Waals surface area contributed by atoms with E-state index in [1.807, 2.05) is 0 Å². The molecule has 1 N–H and O–H groups in total. The molecule has 0 aliphatic rings. The Hall–Kier alpha value is -1.65. The number of benzene rings is 2. The molecule has 0 aromatic heterocycles. The van der Waals surface area contributed by atoms with Gasteiger partial charge in [0, 0.05) is 21.5 Å². The van der Waals surface area contributed by atoms with Crippen LogP contribution >= 0.6 is 27.5 Å². The highest BCUT2D eigenvalue weighted by Crippen LogP contribution is 2.21. The van der Waals surface area contributed by atoms with E-state index < -0.39 is 5.97 Å². The Kier molecular flexibility index (Phi) is 4.57. The number of rotatable bonds is 4. The molecule has 0 atom stereocenters. The molecule has 0 heterocycles. The van der Waals surface area contributed by atoms with Crippen molar-refractivity contribution in [3.05, 3.63) is 69.7 Å². The van der Waals surface area contributed by atoms with Gasteiger partial charge in [-0.2, -0.15) is 0 Å². The topological polar surface area (TPSA) is 54.4 Å². The number of carbonyl (C=O) groups excluding carboxylic acids is 1. The summed E-state index contributed by atoms with van der Waals surface area (Å²) in [5.41, 5.74) is 1.92. The van der Waals surface area contributed by atoms with Gasteiger partial charge in [0.15, 0.2) is 5.78 Å². The molecule has 5 heteroatoms. The van der Waals surface area contributed by atoms with Gasteiger partial charge in [0.25, 0.3) is 0 Å². The number of carboxylic acid groups (broad SMARTS) is 1. The van der Waals surface area contributed by atoms with Gasteiger partial charge in [0.1, 0.15) is 0 Å². The van der Waals surface area contributed by atoms with Crippen LogP contribution < -0.4 is 0 Å². The van der Waals surface area contributed by atoms with Gasteiger partial charge in [0.05, 0.1) is 5.56 Å². The summed E-state index contributed by atoms with van der Waals surface area (Å²) in [5, 5.41) is 9.87. The number of ketones is 1. The molecule has 0 spiro atoms. The lowest BCUT2D eigenvalue weighted by molar-refractivity contribution is 0.0696. The fraction of sp³-hybridized carbons (Fsp3) is 0.0667. The monoisotopic (exact) mass is 352 g/mol. The molecular weight excluding hydrogens is 344 g/mol. The molecule has 2 aromatic rings. The standard InChI is InChI=1S/C15H10BrClO3/c16-8-11-5-6-12(17)7-13(11)14(18)9-1-3-10(4-2-9)15(19)20/h1-7H,8H2,(H,19,20). The predicted molar refractivity (Wildman–Crippen MR) is 80.9 cm³/mol. The van der Waals surface area contributed by atoms with E-state index in [1.54, 1.807) is 18.2 Å². The summed E-state index contributed by atoms with van der Waals surface area (Å²) in [4.78, 5) is 23.2. The lowest BCUT2D eigenvalue weighted by Crippen LogP contribution is -2.05. The number of hydrogen-bond acceptors (Lipinski definition) is 2. The zero-order valence-electron chi connectivity index (χ0n) is 10.3. The van der Waals surface area contributed by atoms with Crippen molar-refractivity contribution in [3.63, 3.8) is 0 Å². The van der Waals surface area contributed by atoms with Crippen molar-refractivity contribution in [3.8, 4) is 0 Å². The maximum Gasteiger partial charge on any atom is 0.335 e. The average molecular weight is 354 g/mol. The van der Waals surface area contributed by atoms with Crippen molar-refractivity contribution >= 4 is 39.3 Å². The Morgan fingerprint density at radius 2 is 1.65 bits per heavy atom. The van der Waals surface area contributed by atoms with Crippen molar-refractivity contribution in [2.45, 2.75) is 5.33 Å². The molecule has 0 aliphatic carbocycles. The summed E-state index contributed by atoms with van der Waals surface area (Å²) in [7, 11) is 0. The van der Waals surface area contributed by atoms with Gasteiger partial charge in [-0.05, 0) is 29.8 Å². The minimum atomic E-state index is -1.02. The molecule has 2 aromatic carbocycles. The highest BCUT2D eigenvalue weighted by Gasteiger charge is 2.14. The number of halogens is 2. The van der Waals surface area contributed by atoms with Gasteiger partial charge in [-0.15, -0.1) is 0 Å². The van der Waals surface area contributed by atoms with Crippen molar-refractivity contribution in [1.29, 1.82) is 0 Å². The highest BCUT2D eigenvalue weighted by molar-refractivity contribution is 9.08. The first kappa shape index (κ1) is 14.8. The van der Waals surface area contributed by atoms with Crippen molar-refractivity contribution in [2.24, 2.45) is 0 Å². The molecular formula is C15H10BrClO3. The summed E-state index contributed by atoms with van der Waals surface area (Å²) < 4.78 is 0. The fourth-order valence-corrected chi connectivity index (χ4v) is 2.46. The molecule has 0 saturated heterocycles. The SMILES string of the molecule is O=C(O)c1ccc(C(=O)c2cc(Cl)ccc2CBr)cc1. The number of carbonyl (C=O) groups is 2. The average Bonchev–Trinajstić information content (AvgIpc) is 2.46. The maximum absolute atomic E-state index is 12.4. The molecule has 102 valence electrons. The first-order chi connectivity index (χ1) is 9.52. The quantitative estimate of drug-likeness (QED) is 0.663. The van der Waals surface area contributed by atoms with Gasteiger partial charge in [-0.3, -0.25) is 4.79 Å². The van der Waals surface area contributed by atoms with E-state index in [0.29, 0.717) is 21.5 Å². The predicted octanol–water partition coefficient (Wildman–Crippen LogP) is 4.16. The second-order valence-corrected chi connectivity index (χ2v) is 5.14. The van der Waals surface area contributed by atoms with E-state index in [-0.39, 0.29) is 11.3 Å². The Bertz CT molecular complexity index is 665. The van der Waals surface area contributed by atoms with Crippen LogP contribution in [0.2, 0.25) is 5.02 Å². The molecule has 0 radical (unpaired) electrons. The van der Waals surface area contributed by atoms with E-state index >= 15 is 0 Å². The fourth-order valence-electron chi connectivity index (χ4n) is 1.80. The van der Waals surface area contributed by atoms with Crippen LogP contribution in [-0.2, 0) is 5.33 Å². The molecule has 0 unspecified atom stereocenters. The van der Waals surface area contributed by atoms with Crippen molar-refractivity contribution < 1.29 is 14.7 Å². The summed E-state index contributed by atoms with van der Waals surface area (Å²) in [6.07, 6.45) is 0. The summed E-state index contributed by atoms with van der Waals surface area (Å²) in [6, 6.07) is 11.0. The third-order valence-corrected chi connectivity index (χ3v) is 3.69. The second-order valence-electron chi connectivity index (χ2n) is 4.15. The number of carboxylic acids is 1. The zero-order valence-corrected chi connectivity index (χ0v) is 12.6. The third kappa shape index (κ3) is 3.08. The lowest BCUT2D eigenvalue weighted by atomic mass is 9.98. The van der Waals surface area contributed by atoms with Crippen LogP contribution in [0.25, 0.3) is 0 Å². The number of hydrogen-bond donors (Lipinski definition) is 1. The molecule has 3 nitrogen and oxygen atoms in total. The van der Waals surface area contributed by atoms with Crippen LogP contribution in [0, 0.1) is 0 Å². The van der Waals surface area contributed by atoms with Crippen molar-refractivity contribution in [1.82, 2.24) is 0 Å². The molecule has 0 fully saturated rings. The Morgan fingerprint density at radius 1 is 1.05 bits per heavy atom. The van der Waals surface area contributed by atoms with Crippen LogP contribution in [-0.4, -0.2) is 16.9 Å². The second kappa shape index (κ2) is 6.20. The lowest BCUT2D eigenvalue weighted by Gasteiger charge is -2.07. The summed E-state index contributed by atoms with van der Waals surface area (Å²) in [5.74, 6) is -1.20. The Labute approximate surface area is 129 Å². The van der Waals surface area contributed by atoms with Crippen LogP contribution in [0.5, 0.6) is 0 Å². The summed E-state index contributed by atoms with van der Waals surface area (Å²) in [6.45, 7) is 0. The van der Waals surface area contributed by atoms with Crippen LogP contribution in [0.3, 0.4) is 0 Å². The normalized spacial score (nSPS) is 10.3. The molecule has 0 saturated carbocycles. The minimum absolute atomic E-state index is 0.147. The van der Waals surface area contributed by atoms with Crippen LogP contribution in [0.1, 0.15) is 31.8 Å². The van der Waals surface area contributed by atoms with Gasteiger partial charge in [-0.25, -0.2) is 4.79 Å². The van der Waals surface area contributed by atoms with Gasteiger partial charge in [-0.1, -0.05) is 45.7 Å². The zero-order chi connectivity index (χ0) is 14.7. The first-order valence-electron chi connectivity index (χ1n) is 5.75. The molecule has 20 heavy (non-hydrogen) atoms. The minimum Gasteiger partial charge on any atom is -0.478 e. The Morgan fingerprint density at radius 3 is 2.20 bits per heavy atom. The summed E-state index contributed by atoms with van der Waals surface area (Å²) >= 11 is 9.26. The van der Waals surface area contributed by atoms with Crippen LogP contribution in [0.4, 0.5) is 0 Å². The number of aromatic carboxylic acids is 1. The number of alkyl halides is 1. The van der Waals surface area contributed by atoms with Crippen LogP contribution in [0.15, 0.2) is 42.5 Å². The molecule has 0 bridgehead atoms. The van der Waals surface area contributed by atoms with Gasteiger partial charge in [0.2, 0.25) is 0 Å². The van der Waals surface area contributed by atoms with E-state index in [2.05, 4.69) is 15.9 Å². The van der Waals surface area contributed by atoms with Gasteiger partial charge < -0.3 is 5.11 Å². The maximum atomic E-state index is 12.4. The van der Waals surface area contributed by atoms with Gasteiger partial charge >= 0.3 is 5.97 Å². The smallest absolute Gasteiger partial charge is 0.335 e. The Balaban J connectivity index is 2.40. The van der Waals surface area contributed by atoms with Crippen molar-refractivity contribution in [2.75, 3.05) is 0 Å². The third-order valence-electron chi connectivity index (χ3n) is 2.85. The molecule has 2 rings (SSSR count). The van der Waals surface area contributed by atoms with E-state index in [1.165, 1.54) is 24.3 Å². The van der Waals surface area contributed by atoms with E-state index in [0.717, 1.165) is 5.56 Å². The molecule has 0 aliphatic heterocycles. The highest BCUT2D eigenvalue weighted by atomic mass is 79.9.